The summed E-state index contributed by atoms with van der Waals surface area (Å²) >= 11 is 0. The third kappa shape index (κ3) is 7.82. The van der Waals surface area contributed by atoms with Crippen LogP contribution < -0.4 is 0 Å². The average Bonchev–Trinajstić information content (AvgIpc) is 1.99. The Bertz CT molecular complexity index is 74.0. The van der Waals surface area contributed by atoms with Crippen molar-refractivity contribution in [2.24, 2.45) is 0 Å². The van der Waals surface area contributed by atoms with E-state index < -0.39 is 0 Å². The highest BCUT2D eigenvalue weighted by Gasteiger charge is 2.01. The zero-order valence-corrected chi connectivity index (χ0v) is 7.42. The van der Waals surface area contributed by atoms with E-state index in [1.807, 2.05) is 0 Å². The Morgan fingerprint density at radius 1 is 1.09 bits per heavy atom. The van der Waals surface area contributed by atoms with E-state index in [1.165, 1.54) is 19.3 Å². The van der Waals surface area contributed by atoms with Crippen molar-refractivity contribution >= 4 is 0 Å². The van der Waals surface area contributed by atoms with E-state index in [-0.39, 0.29) is 12.7 Å². The van der Waals surface area contributed by atoms with Crippen molar-refractivity contribution in [3.63, 3.8) is 0 Å². The molecular weight excluding hydrogens is 140 g/mol. The number of hydrogen-bond donors (Lipinski definition) is 2. The molecule has 0 aliphatic carbocycles. The van der Waals surface area contributed by atoms with E-state index in [1.54, 1.807) is 0 Å². The Balaban J connectivity index is 2.97. The molecule has 2 N–H and O–H groups in total. The monoisotopic (exact) mass is 160 g/mol. The first-order valence-electron chi connectivity index (χ1n) is 4.60. The van der Waals surface area contributed by atoms with Crippen LogP contribution >= 0.6 is 0 Å². The third-order valence-corrected chi connectivity index (χ3v) is 1.85. The summed E-state index contributed by atoms with van der Waals surface area (Å²) in [5.41, 5.74) is 0. The Morgan fingerprint density at radius 2 is 1.82 bits per heavy atom. The van der Waals surface area contributed by atoms with Crippen molar-refractivity contribution in [3.8, 4) is 0 Å². The van der Waals surface area contributed by atoms with Crippen molar-refractivity contribution in [2.75, 3.05) is 6.61 Å². The molecule has 2 nitrogen and oxygen atoms in total. The molecule has 0 radical (unpaired) electrons. The minimum atomic E-state index is -0.281. The lowest BCUT2D eigenvalue weighted by Gasteiger charge is -2.07. The predicted octanol–water partition coefficient (Wildman–Crippen LogP) is 1.70. The second kappa shape index (κ2) is 8.02. The van der Waals surface area contributed by atoms with Crippen LogP contribution in [0.4, 0.5) is 0 Å². The standard InChI is InChI=1S/C9H20O2/c1-2-3-4-5-6-9(11)7-8-10/h9-11H,2-8H2,1H3/t9-/m1/s1. The SMILES string of the molecule is CCCCCC[C@@H](O)CCO. The molecule has 0 saturated carbocycles. The van der Waals surface area contributed by atoms with Crippen molar-refractivity contribution in [2.45, 2.75) is 51.6 Å². The second-order valence-electron chi connectivity index (χ2n) is 3.02. The van der Waals surface area contributed by atoms with Crippen LogP contribution in [0.1, 0.15) is 45.4 Å². The summed E-state index contributed by atoms with van der Waals surface area (Å²) in [5, 5.41) is 17.7. The summed E-state index contributed by atoms with van der Waals surface area (Å²) in [6, 6.07) is 0. The first-order valence-corrected chi connectivity index (χ1v) is 4.60. The highest BCUT2D eigenvalue weighted by atomic mass is 16.3. The topological polar surface area (TPSA) is 40.5 Å². The minimum absolute atomic E-state index is 0.106. The Hall–Kier alpha value is -0.0800. The van der Waals surface area contributed by atoms with Gasteiger partial charge in [-0.15, -0.1) is 0 Å². The van der Waals surface area contributed by atoms with E-state index in [0.29, 0.717) is 6.42 Å². The third-order valence-electron chi connectivity index (χ3n) is 1.85. The smallest absolute Gasteiger partial charge is 0.0562 e. The fourth-order valence-electron chi connectivity index (χ4n) is 1.10. The molecule has 0 aliphatic rings. The Morgan fingerprint density at radius 3 is 2.36 bits per heavy atom. The van der Waals surface area contributed by atoms with E-state index in [4.69, 9.17) is 5.11 Å². The predicted molar refractivity (Wildman–Crippen MR) is 46.5 cm³/mol. The van der Waals surface area contributed by atoms with Gasteiger partial charge in [0, 0.05) is 6.61 Å². The molecule has 2 heteroatoms. The van der Waals surface area contributed by atoms with E-state index >= 15 is 0 Å². The van der Waals surface area contributed by atoms with Crippen LogP contribution in [0.25, 0.3) is 0 Å². The van der Waals surface area contributed by atoms with Gasteiger partial charge in [0.2, 0.25) is 0 Å². The van der Waals surface area contributed by atoms with Crippen LogP contribution in [-0.4, -0.2) is 22.9 Å². The van der Waals surface area contributed by atoms with Crippen LogP contribution in [0.5, 0.6) is 0 Å². The van der Waals surface area contributed by atoms with Crippen LogP contribution in [0.15, 0.2) is 0 Å². The van der Waals surface area contributed by atoms with Gasteiger partial charge in [0.05, 0.1) is 6.10 Å². The summed E-state index contributed by atoms with van der Waals surface area (Å²) < 4.78 is 0. The maximum Gasteiger partial charge on any atom is 0.0562 e. The second-order valence-corrected chi connectivity index (χ2v) is 3.02. The molecule has 0 spiro atoms. The van der Waals surface area contributed by atoms with Gasteiger partial charge in [-0.25, -0.2) is 0 Å². The maximum atomic E-state index is 9.19. The summed E-state index contributed by atoms with van der Waals surface area (Å²) in [5.74, 6) is 0. The molecule has 0 bridgehead atoms. The fourth-order valence-corrected chi connectivity index (χ4v) is 1.10. The molecule has 0 amide bonds. The van der Waals surface area contributed by atoms with Gasteiger partial charge in [-0.2, -0.15) is 0 Å². The van der Waals surface area contributed by atoms with Gasteiger partial charge in [0.25, 0.3) is 0 Å². The molecule has 0 aromatic carbocycles. The summed E-state index contributed by atoms with van der Waals surface area (Å²) in [7, 11) is 0. The van der Waals surface area contributed by atoms with E-state index in [2.05, 4.69) is 6.92 Å². The summed E-state index contributed by atoms with van der Waals surface area (Å²) in [4.78, 5) is 0. The van der Waals surface area contributed by atoms with E-state index in [9.17, 15) is 5.11 Å². The highest BCUT2D eigenvalue weighted by molar-refractivity contribution is 4.54. The van der Waals surface area contributed by atoms with Crippen LogP contribution in [0.3, 0.4) is 0 Å². The zero-order chi connectivity index (χ0) is 8.53. The molecule has 68 valence electrons. The molecular formula is C9H20O2. The van der Waals surface area contributed by atoms with Crippen LogP contribution in [0.2, 0.25) is 0 Å². The van der Waals surface area contributed by atoms with Crippen LogP contribution in [-0.2, 0) is 0 Å². The lowest BCUT2D eigenvalue weighted by molar-refractivity contribution is 0.122. The normalized spacial score (nSPS) is 13.4. The average molecular weight is 160 g/mol. The van der Waals surface area contributed by atoms with Gasteiger partial charge < -0.3 is 10.2 Å². The van der Waals surface area contributed by atoms with Gasteiger partial charge in [-0.1, -0.05) is 32.6 Å². The molecule has 0 aromatic heterocycles. The van der Waals surface area contributed by atoms with Crippen molar-refractivity contribution in [1.82, 2.24) is 0 Å². The molecule has 0 rings (SSSR count). The molecule has 0 unspecified atom stereocenters. The van der Waals surface area contributed by atoms with Crippen molar-refractivity contribution in [1.29, 1.82) is 0 Å². The van der Waals surface area contributed by atoms with E-state index in [0.717, 1.165) is 12.8 Å². The number of aliphatic hydroxyl groups is 2. The first kappa shape index (κ1) is 10.9. The lowest BCUT2D eigenvalue weighted by atomic mass is 10.1. The molecule has 1 atom stereocenters. The van der Waals surface area contributed by atoms with Crippen molar-refractivity contribution in [3.05, 3.63) is 0 Å². The Kier molecular flexibility index (Phi) is 7.96. The molecule has 0 aliphatic heterocycles. The molecule has 0 heterocycles. The Labute approximate surface area is 69.2 Å². The maximum absolute atomic E-state index is 9.19. The van der Waals surface area contributed by atoms with Crippen molar-refractivity contribution < 1.29 is 10.2 Å². The minimum Gasteiger partial charge on any atom is -0.396 e. The molecule has 0 aromatic rings. The van der Waals surface area contributed by atoms with Crippen LogP contribution in [0, 0.1) is 0 Å². The zero-order valence-electron chi connectivity index (χ0n) is 7.42. The molecule has 0 fully saturated rings. The van der Waals surface area contributed by atoms with Gasteiger partial charge in [-0.05, 0) is 12.8 Å². The first-order chi connectivity index (χ1) is 5.31. The van der Waals surface area contributed by atoms with Gasteiger partial charge >= 0.3 is 0 Å². The lowest BCUT2D eigenvalue weighted by Crippen LogP contribution is -2.08. The largest absolute Gasteiger partial charge is 0.396 e. The highest BCUT2D eigenvalue weighted by Crippen LogP contribution is 2.06. The summed E-state index contributed by atoms with van der Waals surface area (Å²) in [6.45, 7) is 2.28. The number of hydrogen-bond acceptors (Lipinski definition) is 2. The number of rotatable bonds is 7. The molecule has 0 saturated heterocycles. The van der Waals surface area contributed by atoms with Gasteiger partial charge in [0.1, 0.15) is 0 Å². The van der Waals surface area contributed by atoms with Gasteiger partial charge in [0.15, 0.2) is 0 Å². The quantitative estimate of drug-likeness (QED) is 0.556. The molecule has 11 heavy (non-hydrogen) atoms. The number of unbranched alkanes of at least 4 members (excludes halogenated alkanes) is 3. The number of aliphatic hydroxyl groups excluding tert-OH is 2. The van der Waals surface area contributed by atoms with Gasteiger partial charge in [-0.3, -0.25) is 0 Å². The fraction of sp³-hybridized carbons (Fsp3) is 1.00. The summed E-state index contributed by atoms with van der Waals surface area (Å²) in [6.07, 6.45) is 5.89.